The Balaban J connectivity index is 0. The van der Waals surface area contributed by atoms with Gasteiger partial charge in [-0.2, -0.15) is 0 Å². The molecule has 36 valence electrons. The molecule has 0 aliphatic carbocycles. The second kappa shape index (κ2) is 4.73. The van der Waals surface area contributed by atoms with Crippen molar-refractivity contribution >= 4 is 14.5 Å². The van der Waals surface area contributed by atoms with Crippen LogP contribution in [0.4, 0.5) is 0 Å². The van der Waals surface area contributed by atoms with Crippen molar-refractivity contribution in [3.05, 3.63) is 0 Å². The largest absolute Gasteiger partial charge is 0 e. The molecule has 0 aromatic heterocycles. The number of hydrogen-bond acceptors (Lipinski definition) is 1. The molecule has 0 aliphatic heterocycles. The van der Waals surface area contributed by atoms with E-state index in [4.69, 9.17) is 12.2 Å². The maximum Gasteiger partial charge on any atom is 0 e. The SMILES string of the molecule is O=[Se](O)O.[Ni]. The molecule has 0 fully saturated rings. The van der Waals surface area contributed by atoms with Gasteiger partial charge in [-0.15, -0.1) is 0 Å². The van der Waals surface area contributed by atoms with Gasteiger partial charge >= 0.3 is 26.7 Å². The van der Waals surface area contributed by atoms with E-state index in [1.165, 1.54) is 0 Å². The molecule has 0 atom stereocenters. The maximum atomic E-state index is 8.76. The molecule has 0 aromatic carbocycles. The van der Waals surface area contributed by atoms with Gasteiger partial charge in [-0.3, -0.25) is 0 Å². The zero-order chi connectivity index (χ0) is 3.58. The Bertz CT molecular complexity index is 29.9. The Morgan fingerprint density at radius 3 is 1.40 bits per heavy atom. The van der Waals surface area contributed by atoms with E-state index in [-0.39, 0.29) is 16.5 Å². The summed E-state index contributed by atoms with van der Waals surface area (Å²) in [5.74, 6) is 0. The topological polar surface area (TPSA) is 57.5 Å². The molecule has 0 heterocycles. The average molecular weight is 188 g/mol. The van der Waals surface area contributed by atoms with Crippen LogP contribution in [0.15, 0.2) is 0 Å². The second-order valence-electron chi connectivity index (χ2n) is 0.231. The number of hydrogen-bond donors (Lipinski definition) is 2. The second-order valence-corrected chi connectivity index (χ2v) is 1.20. The molecule has 5 heavy (non-hydrogen) atoms. The van der Waals surface area contributed by atoms with Crippen LogP contribution in [0.3, 0.4) is 0 Å². The summed E-state index contributed by atoms with van der Waals surface area (Å²) in [5, 5.41) is 0. The molecular formula is H2NiO3Se. The van der Waals surface area contributed by atoms with E-state index in [0.717, 1.165) is 0 Å². The monoisotopic (exact) mass is 188 g/mol. The van der Waals surface area contributed by atoms with Crippen LogP contribution in [-0.2, 0) is 20.3 Å². The molecule has 0 radical (unpaired) electrons. The molecule has 0 amide bonds. The van der Waals surface area contributed by atoms with Crippen LogP contribution >= 0.6 is 0 Å². The van der Waals surface area contributed by atoms with Crippen LogP contribution in [0.1, 0.15) is 0 Å². The van der Waals surface area contributed by atoms with Gasteiger partial charge in [0.05, 0.1) is 0 Å². The molecule has 0 aromatic rings. The summed E-state index contributed by atoms with van der Waals surface area (Å²) in [6.07, 6.45) is 0. The van der Waals surface area contributed by atoms with Crippen LogP contribution in [0.25, 0.3) is 0 Å². The first-order valence-corrected chi connectivity index (χ1v) is 2.76. The average Bonchev–Trinajstić information content (AvgIpc) is 0.811. The van der Waals surface area contributed by atoms with Gasteiger partial charge < -0.3 is 0 Å². The van der Waals surface area contributed by atoms with Crippen molar-refractivity contribution in [3.8, 4) is 0 Å². The molecule has 0 bridgehead atoms. The van der Waals surface area contributed by atoms with Crippen molar-refractivity contribution < 1.29 is 28.7 Å². The minimum atomic E-state index is -3.29. The Labute approximate surface area is 43.7 Å². The first-order valence-electron chi connectivity index (χ1n) is 0.532. The zero-order valence-electron chi connectivity index (χ0n) is 2.03. The molecule has 0 aliphatic rings. The standard InChI is InChI=1S/Ni.H2O3Se/c;1-4(2)3/h;(H2,1,2,3). The van der Waals surface area contributed by atoms with Gasteiger partial charge in [0.25, 0.3) is 0 Å². The van der Waals surface area contributed by atoms with Gasteiger partial charge in [0.1, 0.15) is 0 Å². The third-order valence-electron chi connectivity index (χ3n) is 0. The normalized spacial score (nSPS) is 7.00. The smallest absolute Gasteiger partial charge is 0 e. The van der Waals surface area contributed by atoms with Gasteiger partial charge in [-0.25, -0.2) is 0 Å². The van der Waals surface area contributed by atoms with Crippen molar-refractivity contribution in [1.29, 1.82) is 0 Å². The van der Waals surface area contributed by atoms with Crippen LogP contribution in [0.2, 0.25) is 0 Å². The van der Waals surface area contributed by atoms with Gasteiger partial charge in [-0.05, 0) is 0 Å². The predicted molar refractivity (Wildman–Crippen MR) is 10.9 cm³/mol. The zero-order valence-corrected chi connectivity index (χ0v) is 4.73. The van der Waals surface area contributed by atoms with E-state index in [1.54, 1.807) is 0 Å². The van der Waals surface area contributed by atoms with E-state index in [9.17, 15) is 0 Å². The Morgan fingerprint density at radius 2 is 1.40 bits per heavy atom. The van der Waals surface area contributed by atoms with Crippen molar-refractivity contribution in [2.45, 2.75) is 0 Å². The number of rotatable bonds is 0. The summed E-state index contributed by atoms with van der Waals surface area (Å²) in [5.41, 5.74) is 0. The van der Waals surface area contributed by atoms with Crippen LogP contribution in [-0.4, -0.2) is 22.9 Å². The summed E-state index contributed by atoms with van der Waals surface area (Å²) in [7, 11) is 0. The molecule has 0 unspecified atom stereocenters. The Morgan fingerprint density at radius 1 is 1.40 bits per heavy atom. The van der Waals surface area contributed by atoms with Gasteiger partial charge in [0.2, 0.25) is 0 Å². The van der Waals surface area contributed by atoms with Crippen molar-refractivity contribution in [3.63, 3.8) is 0 Å². The molecule has 0 rings (SSSR count). The first-order chi connectivity index (χ1) is 1.73. The minimum absolute atomic E-state index is 0. The van der Waals surface area contributed by atoms with Gasteiger partial charge in [0.15, 0.2) is 0 Å². The van der Waals surface area contributed by atoms with Gasteiger partial charge in [0, 0.05) is 16.5 Å². The molecular weight excluding hydrogens is 186 g/mol. The Hall–Kier alpha value is 0.733. The first kappa shape index (κ1) is 9.22. The Kier molecular flexibility index (Phi) is 8.72. The van der Waals surface area contributed by atoms with Crippen molar-refractivity contribution in [2.75, 3.05) is 0 Å². The van der Waals surface area contributed by atoms with Crippen molar-refractivity contribution in [2.24, 2.45) is 0 Å². The summed E-state index contributed by atoms with van der Waals surface area (Å²) in [4.78, 5) is 0. The van der Waals surface area contributed by atoms with E-state index < -0.39 is 14.5 Å². The summed E-state index contributed by atoms with van der Waals surface area (Å²) >= 11 is -3.29. The summed E-state index contributed by atoms with van der Waals surface area (Å²) in [6.45, 7) is 0. The third kappa shape index (κ3) is 65.8. The summed E-state index contributed by atoms with van der Waals surface area (Å²) in [6, 6.07) is 0. The fourth-order valence-corrected chi connectivity index (χ4v) is 0. The van der Waals surface area contributed by atoms with E-state index in [2.05, 4.69) is 0 Å². The molecule has 0 spiro atoms. The fourth-order valence-electron chi connectivity index (χ4n) is 0. The predicted octanol–water partition coefficient (Wildman–Crippen LogP) is -1.62. The molecule has 5 heteroatoms. The molecule has 0 saturated heterocycles. The van der Waals surface area contributed by atoms with Crippen LogP contribution in [0.5, 0.6) is 0 Å². The van der Waals surface area contributed by atoms with E-state index in [1.807, 2.05) is 0 Å². The third-order valence-corrected chi connectivity index (χ3v) is 0. The van der Waals surface area contributed by atoms with Gasteiger partial charge in [-0.1, -0.05) is 0 Å². The molecule has 0 saturated carbocycles. The van der Waals surface area contributed by atoms with Crippen LogP contribution in [0, 0.1) is 0 Å². The maximum absolute atomic E-state index is 8.76. The molecule has 3 nitrogen and oxygen atoms in total. The van der Waals surface area contributed by atoms with Crippen LogP contribution < -0.4 is 0 Å². The fraction of sp³-hybridized carbons (Fsp3) is 0. The van der Waals surface area contributed by atoms with Crippen molar-refractivity contribution in [1.82, 2.24) is 0 Å². The summed E-state index contributed by atoms with van der Waals surface area (Å²) < 4.78 is 23.1. The molecule has 2 N–H and O–H groups in total. The van der Waals surface area contributed by atoms with E-state index in [0.29, 0.717) is 0 Å². The minimum Gasteiger partial charge on any atom is 0 e. The van der Waals surface area contributed by atoms with E-state index >= 15 is 0 Å². The quantitative estimate of drug-likeness (QED) is 0.449.